The Morgan fingerprint density at radius 3 is 2.41 bits per heavy atom. The van der Waals surface area contributed by atoms with Crippen molar-refractivity contribution < 1.29 is 9.53 Å². The standard InChI is InChI=1S/C20H21N3O4/c1-20(2)8-12-15(13(24)9-20)14(10-4-6-11(27-3)7-5-10)16-17(21-12)22-19(26)23-18(16)25/h4-7,14H,8-9H2,1-3H3,(H3,21,22,23,25,26)/t14-/m1/s1. The Morgan fingerprint density at radius 1 is 1.04 bits per heavy atom. The first kappa shape index (κ1) is 17.3. The van der Waals surface area contributed by atoms with Crippen LogP contribution in [0.1, 0.15) is 43.7 Å². The van der Waals surface area contributed by atoms with Gasteiger partial charge in [-0.05, 0) is 29.5 Å². The van der Waals surface area contributed by atoms with Gasteiger partial charge >= 0.3 is 5.69 Å². The van der Waals surface area contributed by atoms with Crippen LogP contribution in [0.3, 0.4) is 0 Å². The van der Waals surface area contributed by atoms with Crippen molar-refractivity contribution in [3.63, 3.8) is 0 Å². The van der Waals surface area contributed by atoms with Gasteiger partial charge in [-0.1, -0.05) is 26.0 Å². The number of allylic oxidation sites excluding steroid dienone is 2. The fraction of sp³-hybridized carbons (Fsp3) is 0.350. The van der Waals surface area contributed by atoms with Crippen LogP contribution < -0.4 is 21.3 Å². The number of hydrogen-bond acceptors (Lipinski definition) is 5. The average molecular weight is 367 g/mol. The predicted molar refractivity (Wildman–Crippen MR) is 101 cm³/mol. The van der Waals surface area contributed by atoms with Crippen LogP contribution in [0.5, 0.6) is 5.75 Å². The summed E-state index contributed by atoms with van der Waals surface area (Å²) in [7, 11) is 1.58. The van der Waals surface area contributed by atoms with Gasteiger partial charge in [-0.25, -0.2) is 4.79 Å². The molecule has 3 N–H and O–H groups in total. The molecule has 0 spiro atoms. The SMILES string of the molecule is COc1ccc([C@@H]2C3=C(CC(C)(C)CC3=O)Nc3[nH]c(=O)[nH]c(=O)c32)cc1. The highest BCUT2D eigenvalue weighted by Crippen LogP contribution is 2.47. The molecule has 1 aliphatic heterocycles. The molecule has 1 aromatic heterocycles. The van der Waals surface area contributed by atoms with Crippen LogP contribution in [0.2, 0.25) is 0 Å². The summed E-state index contributed by atoms with van der Waals surface area (Å²) in [4.78, 5) is 42.4. The summed E-state index contributed by atoms with van der Waals surface area (Å²) in [6.45, 7) is 4.07. The Hall–Kier alpha value is -3.09. The normalized spacial score (nSPS) is 20.6. The number of ether oxygens (including phenoxy) is 1. The largest absolute Gasteiger partial charge is 0.497 e. The summed E-state index contributed by atoms with van der Waals surface area (Å²) in [5, 5.41) is 3.15. The van der Waals surface area contributed by atoms with E-state index in [1.165, 1.54) is 0 Å². The molecule has 7 nitrogen and oxygen atoms in total. The maximum absolute atomic E-state index is 13.0. The minimum Gasteiger partial charge on any atom is -0.497 e. The Balaban J connectivity index is 1.97. The second kappa shape index (κ2) is 5.97. The van der Waals surface area contributed by atoms with E-state index in [0.29, 0.717) is 35.5 Å². The van der Waals surface area contributed by atoms with E-state index in [1.807, 2.05) is 26.0 Å². The number of nitrogens with one attached hydrogen (secondary N) is 3. The summed E-state index contributed by atoms with van der Waals surface area (Å²) in [5.74, 6) is 0.527. The molecule has 0 unspecified atom stereocenters. The first-order valence-electron chi connectivity index (χ1n) is 8.83. The van der Waals surface area contributed by atoms with Crippen molar-refractivity contribution in [3.8, 4) is 5.75 Å². The monoisotopic (exact) mass is 367 g/mol. The highest BCUT2D eigenvalue weighted by molar-refractivity contribution is 6.01. The maximum Gasteiger partial charge on any atom is 0.327 e. The molecule has 0 radical (unpaired) electrons. The molecule has 0 saturated heterocycles. The fourth-order valence-electron chi connectivity index (χ4n) is 4.08. The van der Waals surface area contributed by atoms with Crippen LogP contribution in [0.4, 0.5) is 5.82 Å². The molecular formula is C20H21N3O4. The number of rotatable bonds is 2. The molecule has 2 aliphatic rings. The lowest BCUT2D eigenvalue weighted by molar-refractivity contribution is -0.118. The van der Waals surface area contributed by atoms with Gasteiger partial charge in [-0.2, -0.15) is 0 Å². The minimum atomic E-state index is -0.579. The number of Topliss-reactive ketones (excluding diaryl/α,β-unsaturated/α-hetero) is 1. The van der Waals surface area contributed by atoms with E-state index >= 15 is 0 Å². The summed E-state index contributed by atoms with van der Waals surface area (Å²) in [6, 6.07) is 7.30. The van der Waals surface area contributed by atoms with Crippen molar-refractivity contribution in [2.45, 2.75) is 32.6 Å². The number of anilines is 1. The lowest BCUT2D eigenvalue weighted by Crippen LogP contribution is -2.38. The van der Waals surface area contributed by atoms with Gasteiger partial charge in [0, 0.05) is 23.6 Å². The van der Waals surface area contributed by atoms with Crippen molar-refractivity contribution in [3.05, 3.63) is 67.5 Å². The first-order valence-corrected chi connectivity index (χ1v) is 8.83. The number of methoxy groups -OCH3 is 1. The molecule has 27 heavy (non-hydrogen) atoms. The second-order valence-corrected chi connectivity index (χ2v) is 7.86. The topological polar surface area (TPSA) is 104 Å². The number of fused-ring (bicyclic) bond motifs is 1. The van der Waals surface area contributed by atoms with Gasteiger partial charge in [0.15, 0.2) is 5.78 Å². The summed E-state index contributed by atoms with van der Waals surface area (Å²) >= 11 is 0. The zero-order valence-corrected chi connectivity index (χ0v) is 15.4. The van der Waals surface area contributed by atoms with Gasteiger partial charge in [0.25, 0.3) is 5.56 Å². The molecule has 2 aromatic rings. The third-order valence-corrected chi connectivity index (χ3v) is 5.20. The number of hydrogen-bond donors (Lipinski definition) is 3. The Kier molecular flexibility index (Phi) is 3.83. The molecule has 140 valence electrons. The van der Waals surface area contributed by atoms with E-state index in [0.717, 1.165) is 11.3 Å². The molecule has 0 bridgehead atoms. The molecule has 0 saturated carbocycles. The Morgan fingerprint density at radius 2 is 1.74 bits per heavy atom. The van der Waals surface area contributed by atoms with E-state index in [4.69, 9.17) is 4.74 Å². The molecule has 1 aliphatic carbocycles. The van der Waals surface area contributed by atoms with Crippen LogP contribution >= 0.6 is 0 Å². The van der Waals surface area contributed by atoms with Crippen LogP contribution in [0.15, 0.2) is 45.1 Å². The third kappa shape index (κ3) is 2.89. The van der Waals surface area contributed by atoms with E-state index in [-0.39, 0.29) is 11.2 Å². The van der Waals surface area contributed by atoms with Crippen LogP contribution in [-0.4, -0.2) is 22.9 Å². The summed E-state index contributed by atoms with van der Waals surface area (Å²) < 4.78 is 5.21. The zero-order chi connectivity index (χ0) is 19.3. The number of benzene rings is 1. The highest BCUT2D eigenvalue weighted by atomic mass is 16.5. The Labute approximate surface area is 155 Å². The van der Waals surface area contributed by atoms with Crippen molar-refractivity contribution in [1.29, 1.82) is 0 Å². The lowest BCUT2D eigenvalue weighted by atomic mass is 9.69. The number of carbonyl (C=O) groups excluding carboxylic acids is 1. The first-order chi connectivity index (χ1) is 12.8. The van der Waals surface area contributed by atoms with Crippen molar-refractivity contribution >= 4 is 11.6 Å². The van der Waals surface area contributed by atoms with Gasteiger partial charge in [0.1, 0.15) is 11.6 Å². The molecule has 0 fully saturated rings. The van der Waals surface area contributed by atoms with Crippen LogP contribution in [0, 0.1) is 5.41 Å². The smallest absolute Gasteiger partial charge is 0.327 e. The average Bonchev–Trinajstić information content (AvgIpc) is 2.58. The van der Waals surface area contributed by atoms with E-state index in [9.17, 15) is 14.4 Å². The summed E-state index contributed by atoms with van der Waals surface area (Å²) in [5.41, 5.74) is 1.27. The van der Waals surface area contributed by atoms with Gasteiger partial charge < -0.3 is 10.1 Å². The van der Waals surface area contributed by atoms with Crippen LogP contribution in [0.25, 0.3) is 0 Å². The van der Waals surface area contributed by atoms with Gasteiger partial charge in [-0.15, -0.1) is 0 Å². The predicted octanol–water partition coefficient (Wildman–Crippen LogP) is 2.27. The van der Waals surface area contributed by atoms with E-state index < -0.39 is 17.2 Å². The van der Waals surface area contributed by atoms with Crippen molar-refractivity contribution in [1.82, 2.24) is 9.97 Å². The zero-order valence-electron chi connectivity index (χ0n) is 15.4. The molecule has 1 aromatic carbocycles. The number of carbonyl (C=O) groups is 1. The molecule has 0 amide bonds. The molecule has 7 heteroatoms. The Bertz CT molecular complexity index is 1070. The van der Waals surface area contributed by atoms with Crippen molar-refractivity contribution in [2.75, 3.05) is 12.4 Å². The third-order valence-electron chi connectivity index (χ3n) is 5.20. The minimum absolute atomic E-state index is 0.0193. The van der Waals surface area contributed by atoms with Gasteiger partial charge in [0.05, 0.1) is 12.7 Å². The quantitative estimate of drug-likeness (QED) is 0.755. The van der Waals surface area contributed by atoms with Gasteiger partial charge in [0.2, 0.25) is 0 Å². The fourth-order valence-corrected chi connectivity index (χ4v) is 4.08. The number of ketones is 1. The lowest BCUT2D eigenvalue weighted by Gasteiger charge is -2.38. The number of H-pyrrole nitrogens is 2. The molecule has 1 atom stereocenters. The molecule has 2 heterocycles. The highest BCUT2D eigenvalue weighted by Gasteiger charge is 2.42. The van der Waals surface area contributed by atoms with Gasteiger partial charge in [-0.3, -0.25) is 19.6 Å². The maximum atomic E-state index is 13.0. The van der Waals surface area contributed by atoms with E-state index in [2.05, 4.69) is 15.3 Å². The summed E-state index contributed by atoms with van der Waals surface area (Å²) in [6.07, 6.45) is 1.08. The molecular weight excluding hydrogens is 346 g/mol. The number of aromatic nitrogens is 2. The number of aromatic amines is 2. The van der Waals surface area contributed by atoms with Crippen molar-refractivity contribution in [2.24, 2.45) is 5.41 Å². The van der Waals surface area contributed by atoms with Crippen LogP contribution in [-0.2, 0) is 4.79 Å². The van der Waals surface area contributed by atoms with E-state index in [1.54, 1.807) is 19.2 Å². The second-order valence-electron chi connectivity index (χ2n) is 7.86. The molecule has 4 rings (SSSR count).